The van der Waals surface area contributed by atoms with E-state index in [-0.39, 0.29) is 33.8 Å². The minimum Gasteiger partial charge on any atom is -0.481 e. The highest BCUT2D eigenvalue weighted by atomic mass is 35.5. The number of carboxylic acids is 1. The van der Waals surface area contributed by atoms with Crippen LogP contribution in [0, 0.1) is 11.8 Å². The number of carbonyl (C=O) groups excluding carboxylic acids is 1. The third-order valence-corrected chi connectivity index (χ3v) is 14.0. The standard InChI is InChI=1S/C25H22Cl2N2O4.C23H17Cl2NO5/c1-29(2)23(31)19-20(14-6-4-3-5-7-14)25(15-8-10-16(26)11-9-15)24(32,22(19)30)21-18(33-25)12-17(27)13-28-21;24-14-8-6-13(7-9-14)23-18(12-4-2-1-3-5-12)17(21(28)29)20(27)22(23,30)19-16(31-23)10-15(25)11-26-19/h3-13,19-20,22,30,32H,1-2H3;1-11,17-18,20,27,30H,(H,28,29)/t19-,20-,22-,24+,25+;17-,18-,20-,22+,23+/m11/s1. The zero-order chi connectivity index (χ0) is 45.5. The number of hydrogen-bond donors (Lipinski definition) is 5. The molecule has 5 N–H and O–H groups in total. The molecule has 2 fully saturated rings. The van der Waals surface area contributed by atoms with Gasteiger partial charge in [0.15, 0.2) is 22.4 Å². The van der Waals surface area contributed by atoms with Gasteiger partial charge in [0.25, 0.3) is 0 Å². The van der Waals surface area contributed by atoms with Gasteiger partial charge in [-0.05, 0) is 46.5 Å². The summed E-state index contributed by atoms with van der Waals surface area (Å²) in [6.45, 7) is 0. The molecule has 64 heavy (non-hydrogen) atoms. The number of nitrogens with zero attached hydrogens (tertiary/aromatic N) is 3. The van der Waals surface area contributed by atoms with Gasteiger partial charge in [-0.1, -0.05) is 131 Å². The number of benzene rings is 4. The topological polar surface area (TPSA) is 183 Å². The van der Waals surface area contributed by atoms with Gasteiger partial charge in [-0.2, -0.15) is 0 Å². The number of ether oxygens (including phenoxy) is 2. The van der Waals surface area contributed by atoms with Gasteiger partial charge in [-0.3, -0.25) is 19.6 Å². The Labute approximate surface area is 387 Å². The van der Waals surface area contributed by atoms with Crippen LogP contribution in [-0.2, 0) is 32.0 Å². The highest BCUT2D eigenvalue weighted by Gasteiger charge is 2.79. The number of carboxylic acid groups (broad SMARTS) is 1. The van der Waals surface area contributed by atoms with Crippen LogP contribution in [0.2, 0.25) is 20.1 Å². The van der Waals surface area contributed by atoms with Gasteiger partial charge >= 0.3 is 5.97 Å². The SMILES string of the molecule is CN(C)C(=O)[C@H]1[C@@H](O)[C@@]2(O)c3ncc(Cl)cc3O[C@@]2(c2ccc(Cl)cc2)[C@@H]1c1ccccc1.O=C(O)[C@H]1[C@@H](O)[C@@]2(O)c3ncc(Cl)cc3O[C@@]2(c2ccc(Cl)cc2)[C@@H]1c1ccccc1. The first-order valence-corrected chi connectivity index (χ1v) is 21.6. The van der Waals surface area contributed by atoms with Crippen molar-refractivity contribution in [3.63, 3.8) is 0 Å². The van der Waals surface area contributed by atoms with E-state index in [4.69, 9.17) is 55.9 Å². The van der Waals surface area contributed by atoms with Crippen LogP contribution in [0.5, 0.6) is 11.5 Å². The van der Waals surface area contributed by atoms with Crippen molar-refractivity contribution in [1.29, 1.82) is 0 Å². The Balaban J connectivity index is 0.000000162. The Bertz CT molecular complexity index is 2770. The van der Waals surface area contributed by atoms with E-state index in [2.05, 4.69) is 9.97 Å². The van der Waals surface area contributed by atoms with Gasteiger partial charge in [0.05, 0.1) is 21.9 Å². The summed E-state index contributed by atoms with van der Waals surface area (Å²) in [4.78, 5) is 35.8. The molecule has 16 heteroatoms. The fourth-order valence-electron chi connectivity index (χ4n) is 10.5. The van der Waals surface area contributed by atoms with Crippen LogP contribution in [0.1, 0.15) is 45.5 Å². The van der Waals surface area contributed by atoms with Crippen LogP contribution in [0.3, 0.4) is 0 Å². The van der Waals surface area contributed by atoms with Gasteiger partial charge < -0.3 is 39.9 Å². The summed E-state index contributed by atoms with van der Waals surface area (Å²) in [6, 6.07) is 34.6. The van der Waals surface area contributed by atoms with Crippen molar-refractivity contribution in [3.05, 3.63) is 187 Å². The van der Waals surface area contributed by atoms with Gasteiger partial charge in [0.1, 0.15) is 35.1 Å². The maximum absolute atomic E-state index is 13.4. The Hall–Kier alpha value is -5.28. The molecule has 10 rings (SSSR count). The molecule has 2 aliphatic heterocycles. The van der Waals surface area contributed by atoms with E-state index < -0.39 is 64.3 Å². The minimum atomic E-state index is -2.15. The van der Waals surface area contributed by atoms with Crippen LogP contribution in [0.15, 0.2) is 134 Å². The first-order valence-electron chi connectivity index (χ1n) is 20.1. The number of halogens is 4. The van der Waals surface area contributed by atoms with Crippen LogP contribution in [0.25, 0.3) is 0 Å². The summed E-state index contributed by atoms with van der Waals surface area (Å²) in [7, 11) is 3.24. The molecular weight excluding hydrogens is 904 g/mol. The van der Waals surface area contributed by atoms with Crippen molar-refractivity contribution in [3.8, 4) is 11.5 Å². The number of hydrogen-bond acceptors (Lipinski definition) is 10. The maximum Gasteiger partial charge on any atom is 0.310 e. The van der Waals surface area contributed by atoms with Crippen molar-refractivity contribution in [2.45, 2.75) is 46.4 Å². The lowest BCUT2D eigenvalue weighted by atomic mass is 9.71. The Morgan fingerprint density at radius 3 is 1.33 bits per heavy atom. The minimum absolute atomic E-state index is 0.0454. The summed E-state index contributed by atoms with van der Waals surface area (Å²) >= 11 is 24.5. The molecule has 4 aliphatic rings. The maximum atomic E-state index is 13.4. The second-order valence-electron chi connectivity index (χ2n) is 16.5. The molecule has 12 nitrogen and oxygen atoms in total. The van der Waals surface area contributed by atoms with Gasteiger partial charge in [-0.25, -0.2) is 0 Å². The fraction of sp³-hybridized carbons (Fsp3) is 0.250. The van der Waals surface area contributed by atoms with Crippen molar-refractivity contribution < 1.29 is 44.6 Å². The second kappa shape index (κ2) is 16.0. The van der Waals surface area contributed by atoms with Crippen LogP contribution < -0.4 is 9.47 Å². The molecule has 6 aromatic rings. The largest absolute Gasteiger partial charge is 0.481 e. The number of aliphatic hydroxyl groups excluding tert-OH is 2. The summed E-state index contributed by atoms with van der Waals surface area (Å²) < 4.78 is 12.9. The summed E-state index contributed by atoms with van der Waals surface area (Å²) in [5, 5.41) is 59.1. The number of amides is 1. The second-order valence-corrected chi connectivity index (χ2v) is 18.3. The highest BCUT2D eigenvalue weighted by molar-refractivity contribution is 6.31. The third kappa shape index (κ3) is 6.19. The number of aliphatic hydroxyl groups is 4. The zero-order valence-corrected chi connectivity index (χ0v) is 36.9. The van der Waals surface area contributed by atoms with Crippen LogP contribution >= 0.6 is 46.4 Å². The molecule has 2 saturated carbocycles. The molecule has 4 heterocycles. The Kier molecular flexibility index (Phi) is 11.0. The molecule has 0 radical (unpaired) electrons. The molecule has 0 bridgehead atoms. The van der Waals surface area contributed by atoms with Gasteiger partial charge in [-0.15, -0.1) is 0 Å². The molecule has 2 aromatic heterocycles. The third-order valence-electron chi connectivity index (χ3n) is 13.0. The number of aromatic nitrogens is 2. The first-order chi connectivity index (χ1) is 30.5. The number of rotatable bonds is 6. The lowest BCUT2D eigenvalue weighted by Gasteiger charge is -2.40. The van der Waals surface area contributed by atoms with E-state index in [1.807, 2.05) is 30.3 Å². The molecule has 1 amide bonds. The monoisotopic (exact) mass is 941 g/mol. The lowest BCUT2D eigenvalue weighted by molar-refractivity contribution is -0.160. The van der Waals surface area contributed by atoms with Gasteiger partial charge in [0.2, 0.25) is 5.91 Å². The van der Waals surface area contributed by atoms with E-state index in [0.717, 1.165) is 5.56 Å². The lowest BCUT2D eigenvalue weighted by Crippen LogP contribution is -2.52. The predicted octanol–water partition coefficient (Wildman–Crippen LogP) is 7.45. The quantitative estimate of drug-likeness (QED) is 0.112. The fourth-order valence-corrected chi connectivity index (χ4v) is 11.1. The molecule has 0 unspecified atom stereocenters. The van der Waals surface area contributed by atoms with Crippen molar-refractivity contribution in [1.82, 2.24) is 14.9 Å². The molecule has 0 spiro atoms. The van der Waals surface area contributed by atoms with Gasteiger partial charge in [0, 0.05) is 60.5 Å². The number of carbonyl (C=O) groups is 2. The average Bonchev–Trinajstić information content (AvgIpc) is 3.84. The molecular formula is C48H39Cl4N3O9. The Morgan fingerprint density at radius 1 is 0.578 bits per heavy atom. The average molecular weight is 944 g/mol. The predicted molar refractivity (Wildman–Crippen MR) is 237 cm³/mol. The summed E-state index contributed by atoms with van der Waals surface area (Å²) in [5.74, 6) is -5.20. The summed E-state index contributed by atoms with van der Waals surface area (Å²) in [5.41, 5.74) is -4.87. The number of pyridine rings is 2. The van der Waals surface area contributed by atoms with Crippen molar-refractivity contribution in [2.75, 3.05) is 14.1 Å². The van der Waals surface area contributed by atoms with Crippen molar-refractivity contribution in [2.24, 2.45) is 11.8 Å². The highest BCUT2D eigenvalue weighted by Crippen LogP contribution is 2.70. The van der Waals surface area contributed by atoms with Crippen LogP contribution in [0.4, 0.5) is 0 Å². The number of aliphatic carboxylic acids is 1. The van der Waals surface area contributed by atoms with E-state index in [1.54, 1.807) is 99.0 Å². The molecule has 10 atom stereocenters. The molecule has 0 saturated heterocycles. The van der Waals surface area contributed by atoms with Crippen LogP contribution in [-0.4, -0.2) is 78.6 Å². The van der Waals surface area contributed by atoms with E-state index >= 15 is 0 Å². The number of fused-ring (bicyclic) bond motifs is 6. The smallest absolute Gasteiger partial charge is 0.310 e. The van der Waals surface area contributed by atoms with E-state index in [9.17, 15) is 35.1 Å². The molecule has 2 aliphatic carbocycles. The normalized spacial score (nSPS) is 30.4. The van der Waals surface area contributed by atoms with E-state index in [1.165, 1.54) is 23.4 Å². The summed E-state index contributed by atoms with van der Waals surface area (Å²) in [6.07, 6.45) is -0.493. The molecule has 328 valence electrons. The first kappa shape index (κ1) is 43.9. The van der Waals surface area contributed by atoms with E-state index in [0.29, 0.717) is 31.8 Å². The molecule has 4 aromatic carbocycles. The van der Waals surface area contributed by atoms with Crippen molar-refractivity contribution >= 4 is 58.3 Å². The Morgan fingerprint density at radius 2 is 0.953 bits per heavy atom. The zero-order valence-electron chi connectivity index (χ0n) is 33.9.